The molecule has 4 N–H and O–H groups in total. The summed E-state index contributed by atoms with van der Waals surface area (Å²) in [5.74, 6) is 0.793. The predicted octanol–water partition coefficient (Wildman–Crippen LogP) is 3.37. The Labute approximate surface area is 317 Å². The van der Waals surface area contributed by atoms with Crippen LogP contribution in [0.3, 0.4) is 0 Å². The highest BCUT2D eigenvalue weighted by atomic mass is 16.5. The number of phenolic OH excluding ortho intramolecular Hbond substituents is 1. The molecule has 2 aromatic carbocycles. The van der Waals surface area contributed by atoms with Gasteiger partial charge in [0.2, 0.25) is 17.4 Å². The number of aliphatic hydroxyl groups excluding tert-OH is 1. The number of nitrogens with one attached hydrogen (secondary N) is 2. The van der Waals surface area contributed by atoms with Crippen molar-refractivity contribution in [2.24, 2.45) is 0 Å². The van der Waals surface area contributed by atoms with Crippen molar-refractivity contribution in [3.05, 3.63) is 93.5 Å². The van der Waals surface area contributed by atoms with Gasteiger partial charge < -0.3 is 44.7 Å². The van der Waals surface area contributed by atoms with Gasteiger partial charge in [0.05, 0.1) is 50.0 Å². The van der Waals surface area contributed by atoms with Crippen LogP contribution in [0.2, 0.25) is 0 Å². The first-order valence-corrected chi connectivity index (χ1v) is 19.3. The number of morpholine rings is 1. The number of hydrogen-bond acceptors (Lipinski definition) is 11. The van der Waals surface area contributed by atoms with Crippen LogP contribution in [0.5, 0.6) is 5.75 Å². The SMILES string of the molecule is CCN(CCNC[C@H](O)c1ccc(O)c2[nH]c(=O)ccc12)C(=O)CCOCCc1cccc(CCN2CCC3(CC2)CN(c2nccc(C)n2)CCO3)c1. The summed E-state index contributed by atoms with van der Waals surface area (Å²) in [7, 11) is 0. The van der Waals surface area contributed by atoms with Crippen molar-refractivity contribution in [1.82, 2.24) is 30.1 Å². The number of nitrogens with zero attached hydrogens (tertiary/aromatic N) is 5. The molecule has 0 unspecified atom stereocenters. The molecule has 290 valence electrons. The molecule has 4 aromatic rings. The van der Waals surface area contributed by atoms with Gasteiger partial charge in [-0.15, -0.1) is 0 Å². The van der Waals surface area contributed by atoms with Crippen LogP contribution < -0.4 is 15.8 Å². The summed E-state index contributed by atoms with van der Waals surface area (Å²) < 4.78 is 12.3. The Bertz CT molecular complexity index is 1900. The first kappa shape index (κ1) is 39.3. The maximum atomic E-state index is 12.9. The lowest BCUT2D eigenvalue weighted by atomic mass is 9.89. The fraction of sp³-hybridized carbons (Fsp3) is 0.512. The van der Waals surface area contributed by atoms with Crippen LogP contribution in [0.1, 0.15) is 54.7 Å². The van der Waals surface area contributed by atoms with Crippen LogP contribution in [0, 0.1) is 6.92 Å². The fourth-order valence-corrected chi connectivity index (χ4v) is 7.50. The molecular formula is C41H55N7O6. The summed E-state index contributed by atoms with van der Waals surface area (Å²) in [6.45, 7) is 12.2. The fourth-order valence-electron chi connectivity index (χ4n) is 7.50. The maximum absolute atomic E-state index is 12.9. The van der Waals surface area contributed by atoms with E-state index in [0.29, 0.717) is 62.3 Å². The van der Waals surface area contributed by atoms with Crippen molar-refractivity contribution in [3.63, 3.8) is 0 Å². The van der Waals surface area contributed by atoms with Gasteiger partial charge in [0.15, 0.2) is 0 Å². The molecule has 54 heavy (non-hydrogen) atoms. The molecule has 0 radical (unpaired) electrons. The maximum Gasteiger partial charge on any atom is 0.248 e. The highest BCUT2D eigenvalue weighted by Crippen LogP contribution is 2.32. The van der Waals surface area contributed by atoms with Crippen molar-refractivity contribution in [2.45, 2.75) is 57.7 Å². The number of benzene rings is 2. The number of fused-ring (bicyclic) bond motifs is 1. The van der Waals surface area contributed by atoms with Gasteiger partial charge >= 0.3 is 0 Å². The van der Waals surface area contributed by atoms with E-state index < -0.39 is 6.10 Å². The average Bonchev–Trinajstić information content (AvgIpc) is 3.18. The van der Waals surface area contributed by atoms with Gasteiger partial charge in [-0.05, 0) is 74.4 Å². The number of H-pyrrole nitrogens is 1. The minimum atomic E-state index is -0.855. The van der Waals surface area contributed by atoms with Gasteiger partial charge in [0.25, 0.3) is 0 Å². The monoisotopic (exact) mass is 741 g/mol. The first-order valence-electron chi connectivity index (χ1n) is 19.3. The zero-order chi connectivity index (χ0) is 37.9. The molecule has 1 amide bonds. The summed E-state index contributed by atoms with van der Waals surface area (Å²) in [4.78, 5) is 43.0. The number of carbonyl (C=O) groups is 1. The lowest BCUT2D eigenvalue weighted by Gasteiger charge is -2.47. The van der Waals surface area contributed by atoms with Gasteiger partial charge in [-0.3, -0.25) is 9.59 Å². The molecule has 13 heteroatoms. The summed E-state index contributed by atoms with van der Waals surface area (Å²) in [5.41, 5.74) is 4.00. The van der Waals surface area contributed by atoms with Crippen molar-refractivity contribution in [3.8, 4) is 5.75 Å². The van der Waals surface area contributed by atoms with E-state index in [-0.39, 0.29) is 29.4 Å². The Morgan fingerprint density at radius 3 is 2.70 bits per heavy atom. The van der Waals surface area contributed by atoms with E-state index in [0.717, 1.165) is 70.0 Å². The second-order valence-electron chi connectivity index (χ2n) is 14.5. The Hall–Kier alpha value is -4.40. The topological polar surface area (TPSA) is 156 Å². The van der Waals surface area contributed by atoms with Crippen LogP contribution in [0.25, 0.3) is 10.9 Å². The minimum Gasteiger partial charge on any atom is -0.506 e. The van der Waals surface area contributed by atoms with E-state index in [1.165, 1.54) is 23.3 Å². The molecule has 1 spiro atoms. The van der Waals surface area contributed by atoms with Gasteiger partial charge in [-0.1, -0.05) is 30.3 Å². The number of amides is 1. The smallest absolute Gasteiger partial charge is 0.248 e. The zero-order valence-electron chi connectivity index (χ0n) is 31.6. The molecular weight excluding hydrogens is 686 g/mol. The molecule has 0 aliphatic carbocycles. The van der Waals surface area contributed by atoms with Gasteiger partial charge in [0, 0.05) is 75.7 Å². The number of likely N-dealkylation sites (N-methyl/N-ethyl adjacent to an activating group) is 1. The number of piperidine rings is 1. The number of likely N-dealkylation sites (tertiary alicyclic amines) is 1. The quantitative estimate of drug-likeness (QED) is 0.118. The number of phenols is 1. The molecule has 1 atom stereocenters. The number of rotatable bonds is 17. The molecule has 2 aromatic heterocycles. The van der Waals surface area contributed by atoms with E-state index in [9.17, 15) is 19.8 Å². The minimum absolute atomic E-state index is 0.0339. The van der Waals surface area contributed by atoms with Gasteiger partial charge in [0.1, 0.15) is 5.75 Å². The molecule has 2 aliphatic rings. The summed E-state index contributed by atoms with van der Waals surface area (Å²) >= 11 is 0. The molecule has 0 saturated carbocycles. The number of aromatic hydroxyl groups is 1. The standard InChI is InChI=1S/C41H55N7O6/c1-3-47(22-18-42-28-36(50)33-7-9-35(49)39-34(33)8-10-37(51)45-39)38(52)14-25-53-24-13-32-6-4-5-31(27-32)12-19-46-20-15-41(16-21-46)29-48(23-26-54-41)40-43-17-11-30(2)44-40/h4-11,17,27,36,42,49-50H,3,12-16,18-26,28-29H2,1-2H3,(H,45,51)/t36-/m0/s1. The van der Waals surface area contributed by atoms with Gasteiger partial charge in [-0.2, -0.15) is 0 Å². The number of pyridine rings is 1. The summed E-state index contributed by atoms with van der Waals surface area (Å²) in [5, 5.41) is 24.7. The number of aliphatic hydroxyl groups is 1. The zero-order valence-corrected chi connectivity index (χ0v) is 31.6. The van der Waals surface area contributed by atoms with Crippen molar-refractivity contribution in [2.75, 3.05) is 83.6 Å². The van der Waals surface area contributed by atoms with E-state index in [2.05, 4.69) is 54.3 Å². The molecule has 2 aliphatic heterocycles. The van der Waals surface area contributed by atoms with Crippen molar-refractivity contribution in [1.29, 1.82) is 0 Å². The Kier molecular flexibility index (Phi) is 13.7. The summed E-state index contributed by atoms with van der Waals surface area (Å²) in [6.07, 6.45) is 5.11. The molecule has 0 bridgehead atoms. The van der Waals surface area contributed by atoms with Crippen LogP contribution >= 0.6 is 0 Å². The van der Waals surface area contributed by atoms with Crippen molar-refractivity contribution >= 4 is 22.8 Å². The van der Waals surface area contributed by atoms with E-state index in [1.54, 1.807) is 17.0 Å². The second kappa shape index (κ2) is 18.8. The van der Waals surface area contributed by atoms with Gasteiger partial charge in [-0.25, -0.2) is 9.97 Å². The lowest BCUT2D eigenvalue weighted by Crippen LogP contribution is -2.57. The molecule has 4 heterocycles. The van der Waals surface area contributed by atoms with Crippen LogP contribution in [-0.2, 0) is 27.1 Å². The number of aryl methyl sites for hydroxylation is 1. The molecule has 2 fully saturated rings. The Morgan fingerprint density at radius 2 is 1.91 bits per heavy atom. The lowest BCUT2D eigenvalue weighted by molar-refractivity contribution is -0.132. The number of aromatic amines is 1. The van der Waals surface area contributed by atoms with Crippen LogP contribution in [-0.4, -0.2) is 125 Å². The van der Waals surface area contributed by atoms with E-state index >= 15 is 0 Å². The second-order valence-corrected chi connectivity index (χ2v) is 14.5. The number of ether oxygens (including phenoxy) is 2. The van der Waals surface area contributed by atoms with E-state index in [1.807, 2.05) is 26.1 Å². The largest absolute Gasteiger partial charge is 0.506 e. The van der Waals surface area contributed by atoms with Crippen LogP contribution in [0.15, 0.2) is 65.6 Å². The third-order valence-corrected chi connectivity index (χ3v) is 10.7. The van der Waals surface area contributed by atoms with Crippen LogP contribution in [0.4, 0.5) is 5.95 Å². The molecule has 2 saturated heterocycles. The molecule has 6 rings (SSSR count). The Morgan fingerprint density at radius 1 is 1.09 bits per heavy atom. The van der Waals surface area contributed by atoms with Crippen molar-refractivity contribution < 1.29 is 24.5 Å². The predicted molar refractivity (Wildman–Crippen MR) is 209 cm³/mol. The summed E-state index contributed by atoms with van der Waals surface area (Å²) in [6, 6.07) is 16.7. The Balaban J connectivity index is 0.850. The average molecular weight is 742 g/mol. The number of anilines is 1. The third-order valence-electron chi connectivity index (χ3n) is 10.7. The third kappa shape index (κ3) is 10.4. The number of aromatic nitrogens is 3. The molecule has 13 nitrogen and oxygen atoms in total. The normalized spacial score (nSPS) is 16.5. The number of carbonyl (C=O) groups excluding carboxylic acids is 1. The van der Waals surface area contributed by atoms with E-state index in [4.69, 9.17) is 9.47 Å². The highest BCUT2D eigenvalue weighted by Gasteiger charge is 2.40. The number of hydrogen-bond donors (Lipinski definition) is 4. The first-order chi connectivity index (χ1) is 26.2. The highest BCUT2D eigenvalue weighted by molar-refractivity contribution is 5.87.